The zero-order valence-corrected chi connectivity index (χ0v) is 13.0. The summed E-state index contributed by atoms with van der Waals surface area (Å²) < 4.78 is 6.10. The molecule has 1 saturated heterocycles. The largest absolute Gasteiger partial charge is 0.459 e. The minimum absolute atomic E-state index is 0.00968. The molecular formula is C16H24N4O. The topological polar surface area (TPSA) is 57.7 Å². The number of nitrogens with two attached hydrogens (primary N) is 1. The molecule has 21 heavy (non-hydrogen) atoms. The average molecular weight is 288 g/mol. The maximum absolute atomic E-state index is 6.10. The summed E-state index contributed by atoms with van der Waals surface area (Å²) in [6.07, 6.45) is 0. The molecule has 0 amide bonds. The highest BCUT2D eigenvalue weighted by molar-refractivity contribution is 5.81. The van der Waals surface area contributed by atoms with E-state index in [0.29, 0.717) is 6.04 Å². The van der Waals surface area contributed by atoms with Crippen molar-refractivity contribution in [1.82, 2.24) is 15.2 Å². The van der Waals surface area contributed by atoms with E-state index >= 15 is 0 Å². The van der Waals surface area contributed by atoms with E-state index < -0.39 is 0 Å². The van der Waals surface area contributed by atoms with Gasteiger partial charge in [-0.3, -0.25) is 10.7 Å². The maximum Gasteiger partial charge on any atom is 0.137 e. The summed E-state index contributed by atoms with van der Waals surface area (Å²) in [6.45, 7) is 5.17. The highest BCUT2D eigenvalue weighted by Gasteiger charge is 2.32. The van der Waals surface area contributed by atoms with Crippen molar-refractivity contribution < 1.29 is 4.42 Å². The second-order valence-electron chi connectivity index (χ2n) is 6.10. The highest BCUT2D eigenvalue weighted by Crippen LogP contribution is 2.29. The van der Waals surface area contributed by atoms with Gasteiger partial charge >= 0.3 is 0 Å². The summed E-state index contributed by atoms with van der Waals surface area (Å²) in [7, 11) is 4.30. The first-order valence-electron chi connectivity index (χ1n) is 7.44. The molecule has 2 unspecified atom stereocenters. The molecule has 5 nitrogen and oxygen atoms in total. The van der Waals surface area contributed by atoms with Gasteiger partial charge in [0.25, 0.3) is 0 Å². The Bertz CT molecular complexity index is 624. The van der Waals surface area contributed by atoms with E-state index in [2.05, 4.69) is 60.5 Å². The van der Waals surface area contributed by atoms with Crippen LogP contribution in [0.15, 0.2) is 28.7 Å². The van der Waals surface area contributed by atoms with Crippen molar-refractivity contribution in [2.75, 3.05) is 33.7 Å². The summed E-state index contributed by atoms with van der Waals surface area (Å²) in [4.78, 5) is 4.69. The van der Waals surface area contributed by atoms with Crippen molar-refractivity contribution >= 4 is 11.0 Å². The van der Waals surface area contributed by atoms with Gasteiger partial charge in [-0.2, -0.15) is 0 Å². The van der Waals surface area contributed by atoms with Crippen LogP contribution in [0.1, 0.15) is 17.4 Å². The molecule has 1 aromatic heterocycles. The number of nitrogens with one attached hydrogen (secondary N) is 1. The first-order chi connectivity index (χ1) is 10.1. The fraction of sp³-hybridized carbons (Fsp3) is 0.500. The number of nitrogens with zero attached hydrogens (tertiary/aromatic N) is 2. The van der Waals surface area contributed by atoms with E-state index in [1.54, 1.807) is 0 Å². The van der Waals surface area contributed by atoms with E-state index in [4.69, 9.17) is 10.3 Å². The van der Waals surface area contributed by atoms with Crippen LogP contribution in [0.25, 0.3) is 11.0 Å². The molecule has 0 saturated carbocycles. The van der Waals surface area contributed by atoms with E-state index in [-0.39, 0.29) is 6.04 Å². The molecule has 2 aromatic rings. The molecule has 1 aromatic carbocycles. The van der Waals surface area contributed by atoms with E-state index in [1.807, 2.05) is 0 Å². The molecule has 114 valence electrons. The first-order valence-corrected chi connectivity index (χ1v) is 7.44. The maximum atomic E-state index is 6.10. The molecular weight excluding hydrogens is 264 g/mol. The van der Waals surface area contributed by atoms with Crippen LogP contribution in [0.4, 0.5) is 0 Å². The third kappa shape index (κ3) is 2.70. The van der Waals surface area contributed by atoms with Gasteiger partial charge in [0.1, 0.15) is 11.3 Å². The van der Waals surface area contributed by atoms with Crippen LogP contribution >= 0.6 is 0 Å². The van der Waals surface area contributed by atoms with Gasteiger partial charge in [-0.05, 0) is 32.6 Å². The second kappa shape index (κ2) is 5.77. The Morgan fingerprint density at radius 2 is 2.14 bits per heavy atom. The molecule has 1 aliphatic heterocycles. The van der Waals surface area contributed by atoms with Crippen LogP contribution < -0.4 is 11.3 Å². The van der Waals surface area contributed by atoms with Crippen molar-refractivity contribution in [2.45, 2.75) is 19.0 Å². The molecule has 2 heterocycles. The summed E-state index contributed by atoms with van der Waals surface area (Å²) >= 11 is 0. The van der Waals surface area contributed by atoms with Crippen molar-refractivity contribution in [3.63, 3.8) is 0 Å². The normalized spacial score (nSPS) is 22.8. The number of rotatable bonds is 3. The zero-order chi connectivity index (χ0) is 15.0. The summed E-state index contributed by atoms with van der Waals surface area (Å²) in [5, 5.41) is 1.14. The van der Waals surface area contributed by atoms with Crippen LogP contribution in [0, 0.1) is 6.92 Å². The molecule has 3 rings (SSSR count). The Balaban J connectivity index is 1.95. The van der Waals surface area contributed by atoms with Crippen molar-refractivity contribution in [1.29, 1.82) is 0 Å². The fourth-order valence-corrected chi connectivity index (χ4v) is 3.17. The molecule has 3 N–H and O–H groups in total. The minimum Gasteiger partial charge on any atom is -0.459 e. The minimum atomic E-state index is -0.00968. The standard InChI is InChI=1S/C16H24N4O/c1-11-5-4-6-12-9-14(21-16(11)12)15(18-17)13-10-19(2)7-8-20(13)3/h4-6,9,13,15,18H,7-8,10,17H2,1-3H3. The van der Waals surface area contributed by atoms with Gasteiger partial charge < -0.3 is 9.32 Å². The lowest BCUT2D eigenvalue weighted by Crippen LogP contribution is -2.55. The Morgan fingerprint density at radius 1 is 1.33 bits per heavy atom. The zero-order valence-electron chi connectivity index (χ0n) is 13.0. The highest BCUT2D eigenvalue weighted by atomic mass is 16.3. The van der Waals surface area contributed by atoms with Crippen molar-refractivity contribution in [3.05, 3.63) is 35.6 Å². The molecule has 0 aliphatic carbocycles. The van der Waals surface area contributed by atoms with E-state index in [0.717, 1.165) is 41.9 Å². The van der Waals surface area contributed by atoms with Crippen LogP contribution in [-0.4, -0.2) is 49.6 Å². The molecule has 0 spiro atoms. The van der Waals surface area contributed by atoms with Gasteiger partial charge in [0.05, 0.1) is 6.04 Å². The lowest BCUT2D eigenvalue weighted by molar-refractivity contribution is 0.0820. The van der Waals surface area contributed by atoms with Crippen LogP contribution in [-0.2, 0) is 0 Å². The number of likely N-dealkylation sites (N-methyl/N-ethyl adjacent to an activating group) is 2. The van der Waals surface area contributed by atoms with Gasteiger partial charge in [-0.25, -0.2) is 5.43 Å². The monoisotopic (exact) mass is 288 g/mol. The summed E-state index contributed by atoms with van der Waals surface area (Å²) in [5.74, 6) is 6.76. The number of benzene rings is 1. The van der Waals surface area contributed by atoms with Gasteiger partial charge in [-0.15, -0.1) is 0 Å². The van der Waals surface area contributed by atoms with Gasteiger partial charge in [0.2, 0.25) is 0 Å². The third-order valence-electron chi connectivity index (χ3n) is 4.53. The predicted octanol–water partition coefficient (Wildman–Crippen LogP) is 1.49. The molecule has 0 radical (unpaired) electrons. The molecule has 1 aliphatic rings. The molecule has 0 bridgehead atoms. The average Bonchev–Trinajstić information content (AvgIpc) is 2.89. The van der Waals surface area contributed by atoms with Crippen LogP contribution in [0.3, 0.4) is 0 Å². The van der Waals surface area contributed by atoms with E-state index in [1.165, 1.54) is 0 Å². The molecule has 2 atom stereocenters. The Morgan fingerprint density at radius 3 is 2.86 bits per heavy atom. The number of hydrazine groups is 1. The number of para-hydroxylation sites is 1. The lowest BCUT2D eigenvalue weighted by Gasteiger charge is -2.40. The Kier molecular flexibility index (Phi) is 3.99. The van der Waals surface area contributed by atoms with Gasteiger partial charge in [0.15, 0.2) is 0 Å². The van der Waals surface area contributed by atoms with Crippen LogP contribution in [0.5, 0.6) is 0 Å². The molecule has 1 fully saturated rings. The summed E-state index contributed by atoms with van der Waals surface area (Å²) in [5.41, 5.74) is 5.07. The number of hydrogen-bond acceptors (Lipinski definition) is 5. The van der Waals surface area contributed by atoms with Gasteiger partial charge in [-0.1, -0.05) is 18.2 Å². The SMILES string of the molecule is Cc1cccc2cc(C(NN)C3CN(C)CCN3C)oc12. The number of aryl methyl sites for hydroxylation is 1. The predicted molar refractivity (Wildman–Crippen MR) is 84.9 cm³/mol. The molecule has 5 heteroatoms. The van der Waals surface area contributed by atoms with Crippen molar-refractivity contribution in [2.24, 2.45) is 5.84 Å². The third-order valence-corrected chi connectivity index (χ3v) is 4.53. The summed E-state index contributed by atoms with van der Waals surface area (Å²) in [6, 6.07) is 8.61. The van der Waals surface area contributed by atoms with E-state index in [9.17, 15) is 0 Å². The Hall–Kier alpha value is -1.40. The van der Waals surface area contributed by atoms with Gasteiger partial charge in [0, 0.05) is 31.1 Å². The number of piperazine rings is 1. The van der Waals surface area contributed by atoms with Crippen LogP contribution in [0.2, 0.25) is 0 Å². The quantitative estimate of drug-likeness (QED) is 0.662. The van der Waals surface area contributed by atoms with Crippen molar-refractivity contribution in [3.8, 4) is 0 Å². The fourth-order valence-electron chi connectivity index (χ4n) is 3.17. The smallest absolute Gasteiger partial charge is 0.137 e. The number of furan rings is 1. The number of fused-ring (bicyclic) bond motifs is 1. The lowest BCUT2D eigenvalue weighted by atomic mass is 10.0. The Labute approximate surface area is 125 Å². The first kappa shape index (κ1) is 14.5. The number of hydrogen-bond donors (Lipinski definition) is 2. The second-order valence-corrected chi connectivity index (χ2v) is 6.10.